The number of halogens is 1. The predicted octanol–water partition coefficient (Wildman–Crippen LogP) is 5.47. The number of rotatable bonds is 10. The molecule has 0 spiro atoms. The molecule has 2 aromatic rings. The molecule has 0 atom stereocenters. The van der Waals surface area contributed by atoms with E-state index in [1.807, 2.05) is 6.07 Å². The normalized spacial score (nSPS) is 10.7. The van der Waals surface area contributed by atoms with Gasteiger partial charge >= 0.3 is 5.97 Å². The molecule has 0 bridgehead atoms. The molecule has 0 saturated carbocycles. The Morgan fingerprint density at radius 1 is 1.07 bits per heavy atom. The van der Waals surface area contributed by atoms with Gasteiger partial charge in [-0.25, -0.2) is 4.79 Å². The highest BCUT2D eigenvalue weighted by molar-refractivity contribution is 9.10. The number of hydrogen-bond acceptors (Lipinski definition) is 5. The summed E-state index contributed by atoms with van der Waals surface area (Å²) >= 11 is 3.42. The zero-order chi connectivity index (χ0) is 21.9. The molecule has 0 aromatic heterocycles. The van der Waals surface area contributed by atoms with E-state index in [2.05, 4.69) is 28.2 Å². The summed E-state index contributed by atoms with van der Waals surface area (Å²) in [7, 11) is 3.11. The molecule has 30 heavy (non-hydrogen) atoms. The van der Waals surface area contributed by atoms with E-state index in [9.17, 15) is 9.59 Å². The van der Waals surface area contributed by atoms with Crippen LogP contribution in [0.1, 0.15) is 42.1 Å². The van der Waals surface area contributed by atoms with Gasteiger partial charge in [0.2, 0.25) is 5.91 Å². The van der Waals surface area contributed by atoms with E-state index in [0.717, 1.165) is 29.3 Å². The number of carbonyl (C=O) groups is 2. The number of benzene rings is 2. The van der Waals surface area contributed by atoms with Gasteiger partial charge in [0.25, 0.3) is 0 Å². The lowest BCUT2D eigenvalue weighted by molar-refractivity contribution is -0.111. The molecular formula is C23H26BrNO5. The Hall–Kier alpha value is -2.80. The fourth-order valence-electron chi connectivity index (χ4n) is 2.68. The summed E-state index contributed by atoms with van der Waals surface area (Å²) < 4.78 is 16.5. The summed E-state index contributed by atoms with van der Waals surface area (Å²) in [4.78, 5) is 24.2. The molecule has 0 aliphatic carbocycles. The second-order valence-corrected chi connectivity index (χ2v) is 7.34. The van der Waals surface area contributed by atoms with Crippen LogP contribution in [0.5, 0.6) is 11.5 Å². The molecule has 2 rings (SSSR count). The quantitative estimate of drug-likeness (QED) is 0.280. The van der Waals surface area contributed by atoms with Crippen molar-refractivity contribution in [3.05, 3.63) is 58.1 Å². The molecule has 0 aliphatic rings. The largest absolute Gasteiger partial charge is 0.493 e. The third-order valence-electron chi connectivity index (χ3n) is 4.25. The average molecular weight is 476 g/mol. The van der Waals surface area contributed by atoms with E-state index in [1.165, 1.54) is 6.08 Å². The number of hydrogen-bond donors (Lipinski definition) is 1. The smallest absolute Gasteiger partial charge is 0.338 e. The third-order valence-corrected chi connectivity index (χ3v) is 4.84. The van der Waals surface area contributed by atoms with E-state index >= 15 is 0 Å². The summed E-state index contributed by atoms with van der Waals surface area (Å²) in [5, 5.41) is 2.76. The Bertz CT molecular complexity index is 893. The lowest BCUT2D eigenvalue weighted by Gasteiger charge is -2.10. The molecule has 0 aliphatic heterocycles. The van der Waals surface area contributed by atoms with Crippen LogP contribution in [0, 0.1) is 0 Å². The van der Waals surface area contributed by atoms with E-state index in [1.54, 1.807) is 50.6 Å². The van der Waals surface area contributed by atoms with E-state index in [-0.39, 0.29) is 11.9 Å². The van der Waals surface area contributed by atoms with Crippen LogP contribution in [0.2, 0.25) is 0 Å². The highest BCUT2D eigenvalue weighted by Crippen LogP contribution is 2.36. The van der Waals surface area contributed by atoms with Crippen molar-refractivity contribution in [1.29, 1.82) is 0 Å². The van der Waals surface area contributed by atoms with E-state index in [0.29, 0.717) is 29.4 Å². The number of carbonyl (C=O) groups excluding carboxylic acids is 2. The number of esters is 1. The Balaban J connectivity index is 1.95. The second-order valence-electron chi connectivity index (χ2n) is 6.48. The third kappa shape index (κ3) is 6.91. The topological polar surface area (TPSA) is 73.9 Å². The van der Waals surface area contributed by atoms with Gasteiger partial charge in [0.1, 0.15) is 0 Å². The van der Waals surface area contributed by atoms with Crippen molar-refractivity contribution < 1.29 is 23.8 Å². The second kappa shape index (κ2) is 12.0. The first-order valence-electron chi connectivity index (χ1n) is 9.66. The van der Waals surface area contributed by atoms with Crippen molar-refractivity contribution in [2.24, 2.45) is 0 Å². The predicted molar refractivity (Wildman–Crippen MR) is 121 cm³/mol. The van der Waals surface area contributed by atoms with E-state index in [4.69, 9.17) is 14.2 Å². The van der Waals surface area contributed by atoms with Crippen LogP contribution in [0.25, 0.3) is 6.08 Å². The lowest BCUT2D eigenvalue weighted by Crippen LogP contribution is -2.09. The van der Waals surface area contributed by atoms with Gasteiger partial charge < -0.3 is 19.5 Å². The molecule has 7 heteroatoms. The van der Waals surface area contributed by atoms with Crippen LogP contribution in [0.4, 0.5) is 5.69 Å². The monoisotopic (exact) mass is 475 g/mol. The molecule has 0 saturated heterocycles. The molecule has 6 nitrogen and oxygen atoms in total. The van der Waals surface area contributed by atoms with Gasteiger partial charge in [0, 0.05) is 11.8 Å². The number of methoxy groups -OCH3 is 2. The minimum absolute atomic E-state index is 0.296. The standard InChI is InChI=1S/C23H26BrNO5/c1-4-5-6-13-30-23(27)17-8-10-18(11-9-17)25-21(26)12-7-16-14-19(24)22(29-3)20(15-16)28-2/h7-12,14-15H,4-6,13H2,1-3H3,(H,25,26). The molecule has 0 fully saturated rings. The van der Waals surface area contributed by atoms with Crippen LogP contribution < -0.4 is 14.8 Å². The Morgan fingerprint density at radius 3 is 2.43 bits per heavy atom. The molecule has 0 radical (unpaired) electrons. The number of nitrogens with one attached hydrogen (secondary N) is 1. The van der Waals surface area contributed by atoms with Crippen LogP contribution in [0.3, 0.4) is 0 Å². The SMILES string of the molecule is CCCCCOC(=O)c1ccc(NC(=O)C=Cc2cc(Br)c(OC)c(OC)c2)cc1. The van der Waals surface area contributed by atoms with Crippen LogP contribution in [0.15, 0.2) is 46.9 Å². The first kappa shape index (κ1) is 23.5. The van der Waals surface area contributed by atoms with Crippen LogP contribution >= 0.6 is 15.9 Å². The highest BCUT2D eigenvalue weighted by atomic mass is 79.9. The van der Waals surface area contributed by atoms with Gasteiger partial charge in [-0.15, -0.1) is 0 Å². The Morgan fingerprint density at radius 2 is 1.80 bits per heavy atom. The highest BCUT2D eigenvalue weighted by Gasteiger charge is 2.10. The number of anilines is 1. The van der Waals surface area contributed by atoms with Gasteiger partial charge in [-0.05, 0) is 70.4 Å². The Kier molecular flexibility index (Phi) is 9.41. The van der Waals surface area contributed by atoms with Crippen molar-refractivity contribution in [2.75, 3.05) is 26.1 Å². The zero-order valence-corrected chi connectivity index (χ0v) is 19.0. The summed E-state index contributed by atoms with van der Waals surface area (Å²) in [6.45, 7) is 2.51. The average Bonchev–Trinajstić information content (AvgIpc) is 2.75. The van der Waals surface area contributed by atoms with Gasteiger partial charge in [-0.3, -0.25) is 4.79 Å². The summed E-state index contributed by atoms with van der Waals surface area (Å²) in [6, 6.07) is 10.2. The molecule has 0 heterocycles. The molecular weight excluding hydrogens is 450 g/mol. The minimum Gasteiger partial charge on any atom is -0.493 e. The Labute approximate surface area is 185 Å². The van der Waals surface area contributed by atoms with Crippen molar-refractivity contribution in [3.63, 3.8) is 0 Å². The number of unbranched alkanes of at least 4 members (excludes halogenated alkanes) is 2. The first-order valence-corrected chi connectivity index (χ1v) is 10.5. The fraction of sp³-hybridized carbons (Fsp3) is 0.304. The van der Waals surface area contributed by atoms with Gasteiger partial charge in [-0.2, -0.15) is 0 Å². The van der Waals surface area contributed by atoms with Crippen molar-refractivity contribution in [3.8, 4) is 11.5 Å². The minimum atomic E-state index is -0.358. The first-order chi connectivity index (χ1) is 14.5. The number of amides is 1. The summed E-state index contributed by atoms with van der Waals surface area (Å²) in [6.07, 6.45) is 6.06. The van der Waals surface area contributed by atoms with Crippen LogP contribution in [-0.2, 0) is 9.53 Å². The maximum absolute atomic E-state index is 12.2. The van der Waals surface area contributed by atoms with Crippen molar-refractivity contribution in [2.45, 2.75) is 26.2 Å². The molecule has 1 N–H and O–H groups in total. The van der Waals surface area contributed by atoms with Crippen molar-refractivity contribution in [1.82, 2.24) is 0 Å². The maximum atomic E-state index is 12.2. The molecule has 1 amide bonds. The van der Waals surface area contributed by atoms with E-state index < -0.39 is 0 Å². The molecule has 2 aromatic carbocycles. The fourth-order valence-corrected chi connectivity index (χ4v) is 3.30. The lowest BCUT2D eigenvalue weighted by atomic mass is 10.2. The van der Waals surface area contributed by atoms with Crippen LogP contribution in [-0.4, -0.2) is 32.7 Å². The summed E-state index contributed by atoms with van der Waals surface area (Å²) in [5.41, 5.74) is 1.81. The summed E-state index contributed by atoms with van der Waals surface area (Å²) in [5.74, 6) is 0.492. The molecule has 160 valence electrons. The van der Waals surface area contributed by atoms with Gasteiger partial charge in [0.15, 0.2) is 11.5 Å². The molecule has 0 unspecified atom stereocenters. The van der Waals surface area contributed by atoms with Gasteiger partial charge in [0.05, 0.1) is 30.9 Å². The zero-order valence-electron chi connectivity index (χ0n) is 17.4. The van der Waals surface area contributed by atoms with Gasteiger partial charge in [-0.1, -0.05) is 19.8 Å². The number of ether oxygens (including phenoxy) is 3. The van der Waals surface area contributed by atoms with Crippen molar-refractivity contribution >= 4 is 39.6 Å². The maximum Gasteiger partial charge on any atom is 0.338 e.